The van der Waals surface area contributed by atoms with Gasteiger partial charge in [0.15, 0.2) is 6.61 Å². The number of carbonyl (C=O) groups excluding carboxylic acids is 1. The third kappa shape index (κ3) is 4.42. The molecule has 0 spiro atoms. The van der Waals surface area contributed by atoms with Crippen LogP contribution in [0.25, 0.3) is 0 Å². The van der Waals surface area contributed by atoms with Crippen molar-refractivity contribution in [1.29, 1.82) is 0 Å². The van der Waals surface area contributed by atoms with Crippen LogP contribution in [-0.4, -0.2) is 60.9 Å². The first-order valence-electron chi connectivity index (χ1n) is 10.9. The molecule has 2 aromatic rings. The maximum Gasteiger partial charge on any atom is 0.258 e. The first-order chi connectivity index (χ1) is 15.5. The molecule has 1 amide bonds. The van der Waals surface area contributed by atoms with Crippen LogP contribution in [0, 0.1) is 0 Å². The van der Waals surface area contributed by atoms with E-state index in [0.717, 1.165) is 44.8 Å². The maximum absolute atomic E-state index is 12.4. The molecule has 1 heterocycles. The van der Waals surface area contributed by atoms with Crippen molar-refractivity contribution in [3.05, 3.63) is 58.6 Å². The fraction of sp³-hybridized carbons (Fsp3) is 0.458. The minimum Gasteiger partial charge on any atom is -0.492 e. The Morgan fingerprint density at radius 1 is 0.969 bits per heavy atom. The van der Waals surface area contributed by atoms with E-state index in [1.165, 1.54) is 0 Å². The second-order valence-corrected chi connectivity index (χ2v) is 9.89. The molecule has 6 rings (SSSR count). The molecule has 4 aliphatic rings. The Balaban J connectivity index is 1.10. The van der Waals surface area contributed by atoms with Crippen molar-refractivity contribution in [2.75, 3.05) is 33.0 Å². The Morgan fingerprint density at radius 2 is 1.53 bits per heavy atom. The maximum atomic E-state index is 12.4. The van der Waals surface area contributed by atoms with E-state index in [1.807, 2.05) is 24.3 Å². The molecule has 8 heteroatoms. The summed E-state index contributed by atoms with van der Waals surface area (Å²) in [6.07, 6.45) is 2.89. The summed E-state index contributed by atoms with van der Waals surface area (Å²) in [5.41, 5.74) is 0.0441. The van der Waals surface area contributed by atoms with Crippen LogP contribution >= 0.6 is 23.2 Å². The largest absolute Gasteiger partial charge is 0.492 e. The highest BCUT2D eigenvalue weighted by atomic mass is 35.5. The monoisotopic (exact) mass is 476 g/mol. The van der Waals surface area contributed by atoms with Crippen LogP contribution in [-0.2, 0) is 9.53 Å². The number of hydrogen-bond donors (Lipinski definition) is 1. The van der Waals surface area contributed by atoms with Gasteiger partial charge in [-0.1, -0.05) is 23.2 Å². The zero-order valence-electron chi connectivity index (χ0n) is 17.7. The number of hydrogen-bond acceptors (Lipinski definition) is 5. The average molecular weight is 477 g/mol. The topological polar surface area (TPSA) is 60.0 Å². The zero-order valence-corrected chi connectivity index (χ0v) is 19.2. The quantitative estimate of drug-likeness (QED) is 0.562. The van der Waals surface area contributed by atoms with Crippen LogP contribution in [0.4, 0.5) is 0 Å². The second-order valence-electron chi connectivity index (χ2n) is 9.01. The lowest BCUT2D eigenvalue weighted by molar-refractivity contribution is -0.224. The molecule has 0 unspecified atom stereocenters. The van der Waals surface area contributed by atoms with Crippen molar-refractivity contribution >= 4 is 29.1 Å². The van der Waals surface area contributed by atoms with Crippen molar-refractivity contribution in [3.63, 3.8) is 0 Å². The first kappa shape index (κ1) is 21.8. The Kier molecular flexibility index (Phi) is 5.97. The predicted octanol–water partition coefficient (Wildman–Crippen LogP) is 3.94. The fourth-order valence-corrected chi connectivity index (χ4v) is 5.44. The minimum absolute atomic E-state index is 0.00545. The summed E-state index contributed by atoms with van der Waals surface area (Å²) < 4.78 is 17.0. The molecule has 3 aliphatic carbocycles. The van der Waals surface area contributed by atoms with E-state index in [4.69, 9.17) is 37.4 Å². The van der Waals surface area contributed by atoms with Crippen molar-refractivity contribution in [2.45, 2.75) is 36.4 Å². The lowest BCUT2D eigenvalue weighted by Gasteiger charge is -2.75. The molecular formula is C24H26Cl2N2O4. The summed E-state index contributed by atoms with van der Waals surface area (Å²) >= 11 is 11.8. The Labute approximate surface area is 197 Å². The smallest absolute Gasteiger partial charge is 0.258 e. The number of nitrogens with one attached hydrogen (secondary N) is 1. The van der Waals surface area contributed by atoms with Gasteiger partial charge in [0.25, 0.3) is 5.91 Å². The number of benzene rings is 2. The molecule has 1 saturated heterocycles. The third-order valence-electron chi connectivity index (χ3n) is 6.68. The highest BCUT2D eigenvalue weighted by Crippen LogP contribution is 2.64. The van der Waals surface area contributed by atoms with E-state index in [-0.39, 0.29) is 23.6 Å². The molecule has 2 bridgehead atoms. The first-order valence-corrected chi connectivity index (χ1v) is 11.6. The van der Waals surface area contributed by atoms with Crippen molar-refractivity contribution in [3.8, 4) is 11.5 Å². The van der Waals surface area contributed by atoms with E-state index >= 15 is 0 Å². The van der Waals surface area contributed by atoms with Crippen molar-refractivity contribution < 1.29 is 19.0 Å². The van der Waals surface area contributed by atoms with E-state index < -0.39 is 0 Å². The molecule has 4 fully saturated rings. The Morgan fingerprint density at radius 3 is 2.06 bits per heavy atom. The van der Waals surface area contributed by atoms with Gasteiger partial charge in [0.05, 0.1) is 19.3 Å². The summed E-state index contributed by atoms with van der Waals surface area (Å²) in [6.45, 7) is 2.97. The molecule has 0 aromatic heterocycles. The molecule has 1 N–H and O–H groups in total. The number of rotatable bonds is 10. The second kappa shape index (κ2) is 8.75. The van der Waals surface area contributed by atoms with Crippen LogP contribution in [0.3, 0.4) is 0 Å². The Bertz CT molecular complexity index is 943. The number of halogens is 2. The SMILES string of the molecule is O=C(COc1ccc(Cl)cc1)NC12CC(N(CCOc3ccc(Cl)cc3)C3COC3)(C1)C2. The van der Waals surface area contributed by atoms with Crippen LogP contribution in [0.1, 0.15) is 19.3 Å². The van der Waals surface area contributed by atoms with Crippen molar-refractivity contribution in [1.82, 2.24) is 10.2 Å². The number of amides is 1. The van der Waals surface area contributed by atoms with Crippen molar-refractivity contribution in [2.24, 2.45) is 0 Å². The highest BCUT2D eigenvalue weighted by molar-refractivity contribution is 6.30. The lowest BCUT2D eigenvalue weighted by atomic mass is 9.43. The average Bonchev–Trinajstić information content (AvgIpc) is 2.69. The third-order valence-corrected chi connectivity index (χ3v) is 7.18. The molecule has 0 atom stereocenters. The van der Waals surface area contributed by atoms with Gasteiger partial charge >= 0.3 is 0 Å². The number of carbonyl (C=O) groups is 1. The normalized spacial score (nSPS) is 26.0. The molecule has 3 saturated carbocycles. The molecule has 0 radical (unpaired) electrons. The predicted molar refractivity (Wildman–Crippen MR) is 123 cm³/mol. The summed E-state index contributed by atoms with van der Waals surface area (Å²) in [7, 11) is 0. The summed E-state index contributed by atoms with van der Waals surface area (Å²) in [5, 5.41) is 4.53. The van der Waals surface area contributed by atoms with E-state index in [1.54, 1.807) is 24.3 Å². The molecule has 170 valence electrons. The van der Waals surface area contributed by atoms with Gasteiger partial charge in [-0.25, -0.2) is 0 Å². The fourth-order valence-electron chi connectivity index (χ4n) is 5.19. The van der Waals surface area contributed by atoms with Gasteiger partial charge in [0.1, 0.15) is 18.1 Å². The van der Waals surface area contributed by atoms with Crippen LogP contribution in [0.15, 0.2) is 48.5 Å². The van der Waals surface area contributed by atoms with Gasteiger partial charge in [0.2, 0.25) is 0 Å². The van der Waals surface area contributed by atoms with E-state index in [2.05, 4.69) is 10.2 Å². The van der Waals surface area contributed by atoms with Crippen LogP contribution in [0.2, 0.25) is 10.0 Å². The standard InChI is InChI=1S/C24H26Cl2N2O4/c25-17-1-5-20(6-2-17)31-10-9-28(19-11-30-12-19)24-14-23(15-24,16-24)27-22(29)13-32-21-7-3-18(26)4-8-21/h1-8,19H,9-16H2,(H,27,29). The van der Waals surface area contributed by atoms with Gasteiger partial charge in [-0.3, -0.25) is 9.69 Å². The Hall–Kier alpha value is -1.99. The molecule has 1 aliphatic heterocycles. The highest BCUT2D eigenvalue weighted by Gasteiger charge is 2.71. The summed E-state index contributed by atoms with van der Waals surface area (Å²) in [5.74, 6) is 1.37. The van der Waals surface area contributed by atoms with Gasteiger partial charge in [-0.15, -0.1) is 0 Å². The minimum atomic E-state index is -0.0969. The van der Waals surface area contributed by atoms with E-state index in [9.17, 15) is 4.79 Å². The molecular weight excluding hydrogens is 451 g/mol. The van der Waals surface area contributed by atoms with E-state index in [0.29, 0.717) is 28.4 Å². The van der Waals surface area contributed by atoms with Gasteiger partial charge in [-0.2, -0.15) is 0 Å². The van der Waals surface area contributed by atoms with Gasteiger partial charge < -0.3 is 19.5 Å². The summed E-state index contributed by atoms with van der Waals surface area (Å²) in [6, 6.07) is 14.9. The molecule has 2 aromatic carbocycles. The molecule has 32 heavy (non-hydrogen) atoms. The van der Waals surface area contributed by atoms with Gasteiger partial charge in [0, 0.05) is 27.7 Å². The van der Waals surface area contributed by atoms with Crippen LogP contribution in [0.5, 0.6) is 11.5 Å². The summed E-state index contributed by atoms with van der Waals surface area (Å²) in [4.78, 5) is 15.0. The zero-order chi connectivity index (χ0) is 22.2. The number of nitrogens with zero attached hydrogens (tertiary/aromatic N) is 1. The lowest BCUT2D eigenvalue weighted by Crippen LogP contribution is -2.85. The number of ether oxygens (including phenoxy) is 3. The van der Waals surface area contributed by atoms with Crippen LogP contribution < -0.4 is 14.8 Å². The molecule has 6 nitrogen and oxygen atoms in total. The van der Waals surface area contributed by atoms with Gasteiger partial charge in [-0.05, 0) is 67.8 Å².